The molecule has 2 rings (SSSR count). The Morgan fingerprint density at radius 3 is 2.75 bits per heavy atom. The van der Waals surface area contributed by atoms with E-state index in [1.54, 1.807) is 18.2 Å². The number of hydrogen-bond acceptors (Lipinski definition) is 4. The molecule has 0 saturated carbocycles. The molecule has 1 aromatic heterocycles. The highest BCUT2D eigenvalue weighted by Crippen LogP contribution is 2.17. The smallest absolute Gasteiger partial charge is 0.242 e. The summed E-state index contributed by atoms with van der Waals surface area (Å²) >= 11 is 0. The second-order valence-electron chi connectivity index (χ2n) is 3.95. The van der Waals surface area contributed by atoms with Crippen LogP contribution in [0.4, 0.5) is 4.39 Å². The van der Waals surface area contributed by atoms with E-state index in [0.717, 1.165) is 6.07 Å². The van der Waals surface area contributed by atoms with Gasteiger partial charge >= 0.3 is 0 Å². The maximum absolute atomic E-state index is 13.4. The second kappa shape index (κ2) is 5.86. The van der Waals surface area contributed by atoms with Gasteiger partial charge in [-0.15, -0.1) is 0 Å². The van der Waals surface area contributed by atoms with Crippen LogP contribution < -0.4 is 4.72 Å². The summed E-state index contributed by atoms with van der Waals surface area (Å²) in [6.07, 6.45) is 1.85. The largest absolute Gasteiger partial charge is 0.469 e. The number of benzene rings is 1. The van der Waals surface area contributed by atoms with Crippen molar-refractivity contribution in [1.29, 1.82) is 5.26 Å². The molecule has 0 unspecified atom stereocenters. The van der Waals surface area contributed by atoms with E-state index in [-0.39, 0.29) is 11.4 Å². The molecular formula is C13H11FN2O3S. The summed E-state index contributed by atoms with van der Waals surface area (Å²) < 4.78 is 44.8. The summed E-state index contributed by atoms with van der Waals surface area (Å²) in [5.74, 6) is -0.228. The summed E-state index contributed by atoms with van der Waals surface area (Å²) in [5.41, 5.74) is -0.488. The number of nitrogens with one attached hydrogen (secondary N) is 1. The van der Waals surface area contributed by atoms with E-state index in [9.17, 15) is 12.8 Å². The van der Waals surface area contributed by atoms with Gasteiger partial charge in [-0.05, 0) is 24.3 Å². The minimum absolute atomic E-state index is 0.0945. The molecule has 104 valence electrons. The molecule has 0 amide bonds. The van der Waals surface area contributed by atoms with Crippen molar-refractivity contribution in [2.45, 2.75) is 11.3 Å². The standard InChI is InChI=1S/C13H11FN2O3S/c14-12-4-1-5-13(11(12)9-15)20(17,18)16-7-6-10-3-2-8-19-10/h1-5,8,16H,6-7H2. The monoisotopic (exact) mass is 294 g/mol. The molecule has 0 spiro atoms. The van der Waals surface area contributed by atoms with Crippen LogP contribution >= 0.6 is 0 Å². The first-order valence-electron chi connectivity index (χ1n) is 5.75. The fraction of sp³-hybridized carbons (Fsp3) is 0.154. The first-order chi connectivity index (χ1) is 9.54. The lowest BCUT2D eigenvalue weighted by Gasteiger charge is -2.07. The zero-order valence-corrected chi connectivity index (χ0v) is 11.2. The van der Waals surface area contributed by atoms with Crippen LogP contribution in [-0.4, -0.2) is 15.0 Å². The molecule has 1 N–H and O–H groups in total. The van der Waals surface area contributed by atoms with Crippen molar-refractivity contribution in [3.63, 3.8) is 0 Å². The first-order valence-corrected chi connectivity index (χ1v) is 7.23. The quantitative estimate of drug-likeness (QED) is 0.911. The highest BCUT2D eigenvalue weighted by Gasteiger charge is 2.20. The summed E-state index contributed by atoms with van der Waals surface area (Å²) in [7, 11) is -3.93. The molecule has 0 aliphatic heterocycles. The summed E-state index contributed by atoms with van der Waals surface area (Å²) in [5, 5.41) is 8.84. The summed E-state index contributed by atoms with van der Waals surface area (Å²) in [6.45, 7) is 0.0945. The van der Waals surface area contributed by atoms with Gasteiger partial charge in [0.25, 0.3) is 0 Å². The van der Waals surface area contributed by atoms with Crippen LogP contribution in [0, 0.1) is 17.1 Å². The van der Waals surface area contributed by atoms with Crippen LogP contribution in [0.25, 0.3) is 0 Å². The number of sulfonamides is 1. The zero-order valence-electron chi connectivity index (χ0n) is 10.3. The minimum Gasteiger partial charge on any atom is -0.469 e. The van der Waals surface area contributed by atoms with Crippen LogP contribution in [0.1, 0.15) is 11.3 Å². The molecular weight excluding hydrogens is 283 g/mol. The molecule has 0 saturated heterocycles. The Bertz CT molecular complexity index is 733. The minimum atomic E-state index is -3.93. The number of nitriles is 1. The van der Waals surface area contributed by atoms with E-state index in [2.05, 4.69) is 4.72 Å². The third kappa shape index (κ3) is 3.04. The molecule has 0 aliphatic carbocycles. The molecule has 1 aromatic carbocycles. The van der Waals surface area contributed by atoms with Crippen LogP contribution in [0.2, 0.25) is 0 Å². The highest BCUT2D eigenvalue weighted by atomic mass is 32.2. The Hall–Kier alpha value is -2.17. The number of furan rings is 1. The average molecular weight is 294 g/mol. The summed E-state index contributed by atoms with van der Waals surface area (Å²) in [4.78, 5) is -0.362. The van der Waals surface area contributed by atoms with E-state index in [1.165, 1.54) is 18.4 Å². The van der Waals surface area contributed by atoms with E-state index in [4.69, 9.17) is 9.68 Å². The van der Waals surface area contributed by atoms with Crippen molar-refractivity contribution in [1.82, 2.24) is 4.72 Å². The van der Waals surface area contributed by atoms with Crippen molar-refractivity contribution < 1.29 is 17.2 Å². The van der Waals surface area contributed by atoms with Crippen LogP contribution in [-0.2, 0) is 16.4 Å². The van der Waals surface area contributed by atoms with Gasteiger partial charge < -0.3 is 4.42 Å². The SMILES string of the molecule is N#Cc1c(F)cccc1S(=O)(=O)NCCc1ccco1. The predicted molar refractivity (Wildman–Crippen MR) is 68.7 cm³/mol. The maximum atomic E-state index is 13.4. The Balaban J connectivity index is 2.15. The molecule has 0 bridgehead atoms. The maximum Gasteiger partial charge on any atom is 0.242 e. The van der Waals surface area contributed by atoms with Gasteiger partial charge in [0.15, 0.2) is 0 Å². The Morgan fingerprint density at radius 2 is 2.10 bits per heavy atom. The molecule has 1 heterocycles. The van der Waals surface area contributed by atoms with Crippen molar-refractivity contribution in [2.24, 2.45) is 0 Å². The van der Waals surface area contributed by atoms with Crippen molar-refractivity contribution in [3.8, 4) is 6.07 Å². The zero-order chi connectivity index (χ0) is 14.6. The first kappa shape index (κ1) is 14.2. The van der Waals surface area contributed by atoms with Gasteiger partial charge in [0, 0.05) is 13.0 Å². The van der Waals surface area contributed by atoms with Gasteiger partial charge in [0.2, 0.25) is 10.0 Å². The van der Waals surface area contributed by atoms with Gasteiger partial charge in [-0.1, -0.05) is 6.07 Å². The van der Waals surface area contributed by atoms with Gasteiger partial charge in [-0.2, -0.15) is 5.26 Å². The van der Waals surface area contributed by atoms with Crippen molar-refractivity contribution in [2.75, 3.05) is 6.54 Å². The fourth-order valence-electron chi connectivity index (χ4n) is 1.68. The normalized spacial score (nSPS) is 11.2. The Labute approximate surface area is 115 Å². The molecule has 20 heavy (non-hydrogen) atoms. The number of halogens is 1. The third-order valence-electron chi connectivity index (χ3n) is 2.62. The molecule has 0 atom stereocenters. The lowest BCUT2D eigenvalue weighted by atomic mass is 10.2. The van der Waals surface area contributed by atoms with E-state index in [0.29, 0.717) is 12.2 Å². The molecule has 0 aliphatic rings. The molecule has 0 fully saturated rings. The number of hydrogen-bond donors (Lipinski definition) is 1. The molecule has 5 nitrogen and oxygen atoms in total. The van der Waals surface area contributed by atoms with Gasteiger partial charge in [0.1, 0.15) is 28.1 Å². The van der Waals surface area contributed by atoms with Gasteiger partial charge in [0.05, 0.1) is 6.26 Å². The van der Waals surface area contributed by atoms with Crippen LogP contribution in [0.15, 0.2) is 45.9 Å². The predicted octanol–water partition coefficient (Wildman–Crippen LogP) is 1.81. The number of nitrogens with zero attached hydrogens (tertiary/aromatic N) is 1. The van der Waals surface area contributed by atoms with Gasteiger partial charge in [-0.3, -0.25) is 0 Å². The summed E-state index contributed by atoms with van der Waals surface area (Å²) in [6, 6.07) is 8.46. The molecule has 7 heteroatoms. The van der Waals surface area contributed by atoms with Gasteiger partial charge in [-0.25, -0.2) is 17.5 Å². The Kier molecular flexibility index (Phi) is 4.17. The lowest BCUT2D eigenvalue weighted by Crippen LogP contribution is -2.26. The highest BCUT2D eigenvalue weighted by molar-refractivity contribution is 7.89. The van der Waals surface area contributed by atoms with Crippen LogP contribution in [0.5, 0.6) is 0 Å². The third-order valence-corrected chi connectivity index (χ3v) is 4.12. The topological polar surface area (TPSA) is 83.1 Å². The van der Waals surface area contributed by atoms with Crippen LogP contribution in [0.3, 0.4) is 0 Å². The fourth-order valence-corrected chi connectivity index (χ4v) is 2.87. The van der Waals surface area contributed by atoms with E-state index in [1.807, 2.05) is 0 Å². The number of rotatable bonds is 5. The molecule has 2 aromatic rings. The second-order valence-corrected chi connectivity index (χ2v) is 5.69. The Morgan fingerprint density at radius 1 is 1.30 bits per heavy atom. The van der Waals surface area contributed by atoms with E-state index >= 15 is 0 Å². The van der Waals surface area contributed by atoms with E-state index < -0.39 is 21.4 Å². The lowest BCUT2D eigenvalue weighted by molar-refractivity contribution is 0.505. The van der Waals surface area contributed by atoms with Crippen molar-refractivity contribution >= 4 is 10.0 Å². The molecule has 0 radical (unpaired) electrons. The average Bonchev–Trinajstić information content (AvgIpc) is 2.91. The van der Waals surface area contributed by atoms with Crippen molar-refractivity contribution in [3.05, 3.63) is 53.7 Å².